The van der Waals surface area contributed by atoms with Gasteiger partial charge in [0.2, 0.25) is 0 Å². The van der Waals surface area contributed by atoms with E-state index in [4.69, 9.17) is 4.74 Å². The molecule has 1 N–H and O–H groups in total. The third-order valence-electron chi connectivity index (χ3n) is 1.83. The quantitative estimate of drug-likeness (QED) is 0.753. The number of pyridine rings is 1. The molecule has 0 amide bonds. The van der Waals surface area contributed by atoms with Gasteiger partial charge in [0.25, 0.3) is 0 Å². The van der Waals surface area contributed by atoms with Crippen molar-refractivity contribution in [3.63, 3.8) is 0 Å². The van der Waals surface area contributed by atoms with E-state index in [2.05, 4.69) is 17.2 Å². The second-order valence-electron chi connectivity index (χ2n) is 3.08. The maximum Gasteiger partial charge on any atom is 0.338 e. The van der Waals surface area contributed by atoms with Gasteiger partial charge in [-0.3, -0.25) is 0 Å². The van der Waals surface area contributed by atoms with Crippen LogP contribution in [0.1, 0.15) is 30.6 Å². The van der Waals surface area contributed by atoms with Crippen molar-refractivity contribution in [1.82, 2.24) is 4.98 Å². The summed E-state index contributed by atoms with van der Waals surface area (Å²) in [5.41, 5.74) is 0.533. The van der Waals surface area contributed by atoms with Gasteiger partial charge in [0.15, 0.2) is 0 Å². The molecule has 0 atom stereocenters. The van der Waals surface area contributed by atoms with Crippen LogP contribution in [-0.2, 0) is 4.74 Å². The molecule has 0 aromatic carbocycles. The molecular formula is C11H16N2O2. The summed E-state index contributed by atoms with van der Waals surface area (Å²) in [6, 6.07) is 3.35. The van der Waals surface area contributed by atoms with Crippen LogP contribution in [0.2, 0.25) is 0 Å². The minimum absolute atomic E-state index is 0.306. The molecule has 4 nitrogen and oxygen atoms in total. The lowest BCUT2D eigenvalue weighted by atomic mass is 10.2. The molecule has 1 aromatic rings. The maximum absolute atomic E-state index is 11.4. The summed E-state index contributed by atoms with van der Waals surface area (Å²) in [7, 11) is 0. The first-order chi connectivity index (χ1) is 7.27. The summed E-state index contributed by atoms with van der Waals surface area (Å²) in [5, 5.41) is 3.11. The van der Waals surface area contributed by atoms with E-state index in [-0.39, 0.29) is 5.97 Å². The number of carbonyl (C=O) groups excluding carboxylic acids is 1. The molecule has 0 spiro atoms. The highest BCUT2D eigenvalue weighted by Crippen LogP contribution is 2.08. The first-order valence-corrected chi connectivity index (χ1v) is 5.15. The number of nitrogens with zero attached hydrogens (tertiary/aromatic N) is 1. The number of anilines is 1. The monoisotopic (exact) mass is 208 g/mol. The zero-order chi connectivity index (χ0) is 11.1. The second kappa shape index (κ2) is 6.01. The Hall–Kier alpha value is -1.58. The van der Waals surface area contributed by atoms with Gasteiger partial charge < -0.3 is 10.1 Å². The summed E-state index contributed by atoms with van der Waals surface area (Å²) in [6.45, 7) is 5.09. The van der Waals surface area contributed by atoms with Crippen molar-refractivity contribution in [3.8, 4) is 0 Å². The first-order valence-electron chi connectivity index (χ1n) is 5.15. The van der Waals surface area contributed by atoms with Crippen LogP contribution < -0.4 is 5.32 Å². The second-order valence-corrected chi connectivity index (χ2v) is 3.08. The zero-order valence-electron chi connectivity index (χ0n) is 9.12. The Balaban J connectivity index is 2.69. The van der Waals surface area contributed by atoms with E-state index in [0.29, 0.717) is 18.0 Å². The number of rotatable bonds is 5. The van der Waals surface area contributed by atoms with E-state index in [1.807, 2.05) is 0 Å². The summed E-state index contributed by atoms with van der Waals surface area (Å²) >= 11 is 0. The molecule has 0 saturated carbocycles. The molecule has 0 unspecified atom stereocenters. The highest BCUT2D eigenvalue weighted by Gasteiger charge is 2.06. The molecule has 0 radical (unpaired) electrons. The van der Waals surface area contributed by atoms with Crippen LogP contribution in [0.25, 0.3) is 0 Å². The summed E-state index contributed by atoms with van der Waals surface area (Å²) in [4.78, 5) is 15.5. The molecular weight excluding hydrogens is 192 g/mol. The van der Waals surface area contributed by atoms with Gasteiger partial charge in [-0.2, -0.15) is 0 Å². The number of nitrogens with one attached hydrogen (secondary N) is 1. The number of hydrogen-bond donors (Lipinski definition) is 1. The van der Waals surface area contributed by atoms with Crippen LogP contribution >= 0.6 is 0 Å². The fraction of sp³-hybridized carbons (Fsp3) is 0.455. The molecule has 1 rings (SSSR count). The largest absolute Gasteiger partial charge is 0.462 e. The Bertz CT molecular complexity index is 326. The van der Waals surface area contributed by atoms with Crippen molar-refractivity contribution in [2.45, 2.75) is 20.3 Å². The van der Waals surface area contributed by atoms with Crippen molar-refractivity contribution < 1.29 is 9.53 Å². The molecule has 1 aromatic heterocycles. The van der Waals surface area contributed by atoms with Gasteiger partial charge in [-0.05, 0) is 25.5 Å². The third-order valence-corrected chi connectivity index (χ3v) is 1.83. The van der Waals surface area contributed by atoms with E-state index in [1.165, 1.54) is 0 Å². The Kier molecular flexibility index (Phi) is 4.60. The Labute approximate surface area is 89.7 Å². The van der Waals surface area contributed by atoms with E-state index in [9.17, 15) is 4.79 Å². The molecule has 0 aliphatic carbocycles. The van der Waals surface area contributed by atoms with Gasteiger partial charge in [0, 0.05) is 12.7 Å². The Morgan fingerprint density at radius 2 is 2.33 bits per heavy atom. The first kappa shape index (κ1) is 11.5. The number of aromatic nitrogens is 1. The minimum atomic E-state index is -0.306. The normalized spacial score (nSPS) is 9.73. The SMILES string of the molecule is CCCNc1cc(C(=O)OCC)ccn1. The predicted molar refractivity (Wildman–Crippen MR) is 59.0 cm³/mol. The number of esters is 1. The molecule has 0 saturated heterocycles. The number of carbonyl (C=O) groups is 1. The van der Waals surface area contributed by atoms with E-state index in [1.54, 1.807) is 25.3 Å². The topological polar surface area (TPSA) is 51.2 Å². The molecule has 0 aliphatic rings. The summed E-state index contributed by atoms with van der Waals surface area (Å²) in [5.74, 6) is 0.404. The van der Waals surface area contributed by atoms with Crippen LogP contribution in [0, 0.1) is 0 Å². The minimum Gasteiger partial charge on any atom is -0.462 e. The molecule has 82 valence electrons. The number of ether oxygens (including phenoxy) is 1. The molecule has 0 aliphatic heterocycles. The smallest absolute Gasteiger partial charge is 0.338 e. The van der Waals surface area contributed by atoms with Crippen LogP contribution in [0.15, 0.2) is 18.3 Å². The standard InChI is InChI=1S/C11H16N2O2/c1-3-6-12-10-8-9(5-7-13-10)11(14)15-4-2/h5,7-8H,3-4,6H2,1-2H3,(H,12,13). The van der Waals surface area contributed by atoms with E-state index in [0.717, 1.165) is 13.0 Å². The summed E-state index contributed by atoms with van der Waals surface area (Å²) in [6.07, 6.45) is 2.62. The highest BCUT2D eigenvalue weighted by molar-refractivity contribution is 5.90. The van der Waals surface area contributed by atoms with Gasteiger partial charge in [-0.15, -0.1) is 0 Å². The van der Waals surface area contributed by atoms with E-state index < -0.39 is 0 Å². The highest BCUT2D eigenvalue weighted by atomic mass is 16.5. The fourth-order valence-electron chi connectivity index (χ4n) is 1.12. The average molecular weight is 208 g/mol. The van der Waals surface area contributed by atoms with Gasteiger partial charge in [-0.25, -0.2) is 9.78 Å². The third kappa shape index (κ3) is 3.58. The van der Waals surface area contributed by atoms with Crippen molar-refractivity contribution in [3.05, 3.63) is 23.9 Å². The van der Waals surface area contributed by atoms with Crippen molar-refractivity contribution in [2.75, 3.05) is 18.5 Å². The molecule has 4 heteroatoms. The van der Waals surface area contributed by atoms with Crippen molar-refractivity contribution in [1.29, 1.82) is 0 Å². The van der Waals surface area contributed by atoms with Crippen LogP contribution in [0.3, 0.4) is 0 Å². The summed E-state index contributed by atoms with van der Waals surface area (Å²) < 4.78 is 4.89. The van der Waals surface area contributed by atoms with Crippen molar-refractivity contribution >= 4 is 11.8 Å². The van der Waals surface area contributed by atoms with Crippen molar-refractivity contribution in [2.24, 2.45) is 0 Å². The van der Waals surface area contributed by atoms with Crippen LogP contribution in [-0.4, -0.2) is 24.1 Å². The van der Waals surface area contributed by atoms with Gasteiger partial charge in [-0.1, -0.05) is 6.92 Å². The predicted octanol–water partition coefficient (Wildman–Crippen LogP) is 2.08. The van der Waals surface area contributed by atoms with Gasteiger partial charge in [0.05, 0.1) is 12.2 Å². The molecule has 0 fully saturated rings. The molecule has 1 heterocycles. The van der Waals surface area contributed by atoms with Gasteiger partial charge >= 0.3 is 5.97 Å². The average Bonchev–Trinajstić information content (AvgIpc) is 2.27. The van der Waals surface area contributed by atoms with Crippen LogP contribution in [0.4, 0.5) is 5.82 Å². The fourth-order valence-corrected chi connectivity index (χ4v) is 1.12. The van der Waals surface area contributed by atoms with Crippen LogP contribution in [0.5, 0.6) is 0 Å². The maximum atomic E-state index is 11.4. The Morgan fingerprint density at radius 1 is 1.53 bits per heavy atom. The van der Waals surface area contributed by atoms with E-state index >= 15 is 0 Å². The zero-order valence-corrected chi connectivity index (χ0v) is 9.12. The lowest BCUT2D eigenvalue weighted by molar-refractivity contribution is 0.0526. The molecule has 15 heavy (non-hydrogen) atoms. The van der Waals surface area contributed by atoms with Gasteiger partial charge in [0.1, 0.15) is 5.82 Å². The lowest BCUT2D eigenvalue weighted by Crippen LogP contribution is -2.07. The lowest BCUT2D eigenvalue weighted by Gasteiger charge is -2.05. The molecule has 0 bridgehead atoms. The Morgan fingerprint density at radius 3 is 3.00 bits per heavy atom. The number of hydrogen-bond acceptors (Lipinski definition) is 4.